The van der Waals surface area contributed by atoms with Crippen molar-refractivity contribution < 1.29 is 9.53 Å². The van der Waals surface area contributed by atoms with Gasteiger partial charge in [0.05, 0.1) is 7.11 Å². The van der Waals surface area contributed by atoms with E-state index in [-0.39, 0.29) is 5.91 Å². The predicted molar refractivity (Wildman–Crippen MR) is 85.1 cm³/mol. The lowest BCUT2D eigenvalue weighted by atomic mass is 10.1. The summed E-state index contributed by atoms with van der Waals surface area (Å²) in [5.41, 5.74) is 3.25. The SMILES string of the molecule is COc1ccc(/C=C/C(=O)NCc2cccc(C)c2)cc1. The molecule has 3 nitrogen and oxygen atoms in total. The van der Waals surface area contributed by atoms with Crippen LogP contribution in [0.25, 0.3) is 6.08 Å². The van der Waals surface area contributed by atoms with Crippen LogP contribution >= 0.6 is 0 Å². The Labute approximate surface area is 125 Å². The van der Waals surface area contributed by atoms with Crippen LogP contribution in [0.15, 0.2) is 54.6 Å². The molecule has 0 radical (unpaired) electrons. The van der Waals surface area contributed by atoms with Gasteiger partial charge in [0.1, 0.15) is 5.75 Å². The highest BCUT2D eigenvalue weighted by Gasteiger charge is 1.97. The molecule has 2 aromatic carbocycles. The van der Waals surface area contributed by atoms with E-state index in [1.165, 1.54) is 11.6 Å². The summed E-state index contributed by atoms with van der Waals surface area (Å²) in [6.07, 6.45) is 3.32. The molecule has 1 amide bonds. The highest BCUT2D eigenvalue weighted by molar-refractivity contribution is 5.91. The number of nitrogens with one attached hydrogen (secondary N) is 1. The van der Waals surface area contributed by atoms with Crippen LogP contribution in [0.2, 0.25) is 0 Å². The molecule has 0 aromatic heterocycles. The summed E-state index contributed by atoms with van der Waals surface area (Å²) in [6, 6.07) is 15.6. The zero-order chi connectivity index (χ0) is 15.1. The van der Waals surface area contributed by atoms with Crippen molar-refractivity contribution in [2.45, 2.75) is 13.5 Å². The van der Waals surface area contributed by atoms with Gasteiger partial charge in [-0.25, -0.2) is 0 Å². The minimum absolute atomic E-state index is 0.104. The van der Waals surface area contributed by atoms with Crippen molar-refractivity contribution >= 4 is 12.0 Å². The van der Waals surface area contributed by atoms with Crippen LogP contribution in [0.1, 0.15) is 16.7 Å². The summed E-state index contributed by atoms with van der Waals surface area (Å²) in [6.45, 7) is 2.57. The van der Waals surface area contributed by atoms with Crippen LogP contribution in [-0.2, 0) is 11.3 Å². The molecule has 1 N–H and O–H groups in total. The topological polar surface area (TPSA) is 38.3 Å². The third-order valence-electron chi connectivity index (χ3n) is 3.09. The molecule has 0 saturated heterocycles. The van der Waals surface area contributed by atoms with Crippen LogP contribution in [0.5, 0.6) is 5.75 Å². The summed E-state index contributed by atoms with van der Waals surface area (Å²) < 4.78 is 5.09. The third-order valence-corrected chi connectivity index (χ3v) is 3.09. The van der Waals surface area contributed by atoms with Crippen LogP contribution in [-0.4, -0.2) is 13.0 Å². The molecule has 0 saturated carbocycles. The standard InChI is InChI=1S/C18H19NO2/c1-14-4-3-5-16(12-14)13-19-18(20)11-8-15-6-9-17(21-2)10-7-15/h3-12H,13H2,1-2H3,(H,19,20)/b11-8+. The highest BCUT2D eigenvalue weighted by atomic mass is 16.5. The monoisotopic (exact) mass is 281 g/mol. The Morgan fingerprint density at radius 3 is 2.62 bits per heavy atom. The van der Waals surface area contributed by atoms with Gasteiger partial charge in [0, 0.05) is 12.6 Å². The molecule has 0 fully saturated rings. The second-order valence-electron chi connectivity index (χ2n) is 4.81. The van der Waals surface area contributed by atoms with E-state index in [2.05, 4.69) is 11.4 Å². The van der Waals surface area contributed by atoms with Crippen molar-refractivity contribution in [1.29, 1.82) is 0 Å². The smallest absolute Gasteiger partial charge is 0.244 e. The molecule has 0 bridgehead atoms. The lowest BCUT2D eigenvalue weighted by Gasteiger charge is -2.03. The minimum atomic E-state index is -0.104. The maximum atomic E-state index is 11.8. The van der Waals surface area contributed by atoms with Crippen LogP contribution in [0.3, 0.4) is 0 Å². The molecule has 0 heterocycles. The average molecular weight is 281 g/mol. The number of rotatable bonds is 5. The van der Waals surface area contributed by atoms with Gasteiger partial charge in [-0.3, -0.25) is 4.79 Å². The fraction of sp³-hybridized carbons (Fsp3) is 0.167. The molecule has 2 rings (SSSR count). The van der Waals surface area contributed by atoms with E-state index in [4.69, 9.17) is 4.74 Å². The van der Waals surface area contributed by atoms with E-state index in [9.17, 15) is 4.79 Å². The van der Waals surface area contributed by atoms with Gasteiger partial charge < -0.3 is 10.1 Å². The van der Waals surface area contributed by atoms with Gasteiger partial charge in [-0.1, -0.05) is 42.0 Å². The lowest BCUT2D eigenvalue weighted by Crippen LogP contribution is -2.20. The molecule has 0 aliphatic carbocycles. The van der Waals surface area contributed by atoms with Crippen molar-refractivity contribution in [3.8, 4) is 5.75 Å². The molecular weight excluding hydrogens is 262 g/mol. The van der Waals surface area contributed by atoms with Gasteiger partial charge in [0.25, 0.3) is 0 Å². The van der Waals surface area contributed by atoms with Crippen LogP contribution in [0, 0.1) is 6.92 Å². The Bertz CT molecular complexity index is 630. The Morgan fingerprint density at radius 2 is 1.95 bits per heavy atom. The fourth-order valence-electron chi connectivity index (χ4n) is 1.96. The normalized spacial score (nSPS) is 10.6. The number of carbonyl (C=O) groups is 1. The molecular formula is C18H19NO2. The summed E-state index contributed by atoms with van der Waals surface area (Å²) in [7, 11) is 1.63. The summed E-state index contributed by atoms with van der Waals surface area (Å²) in [5, 5.41) is 2.87. The highest BCUT2D eigenvalue weighted by Crippen LogP contribution is 2.12. The maximum Gasteiger partial charge on any atom is 0.244 e. The first-order valence-electron chi connectivity index (χ1n) is 6.83. The fourth-order valence-corrected chi connectivity index (χ4v) is 1.96. The molecule has 0 aliphatic heterocycles. The van der Waals surface area contributed by atoms with Crippen molar-refractivity contribution in [2.24, 2.45) is 0 Å². The summed E-state index contributed by atoms with van der Waals surface area (Å²) >= 11 is 0. The molecule has 21 heavy (non-hydrogen) atoms. The third kappa shape index (κ3) is 4.80. The number of hydrogen-bond acceptors (Lipinski definition) is 2. The second kappa shape index (κ2) is 7.29. The van der Waals surface area contributed by atoms with Crippen molar-refractivity contribution in [3.05, 3.63) is 71.3 Å². The Morgan fingerprint density at radius 1 is 1.19 bits per heavy atom. The van der Waals surface area contributed by atoms with E-state index in [1.54, 1.807) is 13.2 Å². The second-order valence-corrected chi connectivity index (χ2v) is 4.81. The van der Waals surface area contributed by atoms with E-state index in [1.807, 2.05) is 49.4 Å². The van der Waals surface area contributed by atoms with Crippen molar-refractivity contribution in [2.75, 3.05) is 7.11 Å². The Kier molecular flexibility index (Phi) is 5.16. The number of methoxy groups -OCH3 is 1. The quantitative estimate of drug-likeness (QED) is 0.854. The predicted octanol–water partition coefficient (Wildman–Crippen LogP) is 3.33. The molecule has 2 aromatic rings. The molecule has 108 valence electrons. The van der Waals surface area contributed by atoms with E-state index in [0.29, 0.717) is 6.54 Å². The summed E-state index contributed by atoms with van der Waals surface area (Å²) in [4.78, 5) is 11.8. The minimum Gasteiger partial charge on any atom is -0.497 e. The van der Waals surface area contributed by atoms with Gasteiger partial charge in [-0.15, -0.1) is 0 Å². The molecule has 0 unspecified atom stereocenters. The van der Waals surface area contributed by atoms with E-state index in [0.717, 1.165) is 16.9 Å². The van der Waals surface area contributed by atoms with E-state index < -0.39 is 0 Å². The zero-order valence-corrected chi connectivity index (χ0v) is 12.3. The average Bonchev–Trinajstić information content (AvgIpc) is 2.51. The first kappa shape index (κ1) is 14.9. The van der Waals surface area contributed by atoms with Gasteiger partial charge in [0.15, 0.2) is 0 Å². The lowest BCUT2D eigenvalue weighted by molar-refractivity contribution is -0.116. The molecule has 0 aliphatic rings. The van der Waals surface area contributed by atoms with Crippen LogP contribution in [0.4, 0.5) is 0 Å². The summed E-state index contributed by atoms with van der Waals surface area (Å²) in [5.74, 6) is 0.698. The largest absolute Gasteiger partial charge is 0.497 e. The van der Waals surface area contributed by atoms with Gasteiger partial charge >= 0.3 is 0 Å². The van der Waals surface area contributed by atoms with Crippen molar-refractivity contribution in [3.63, 3.8) is 0 Å². The van der Waals surface area contributed by atoms with Crippen molar-refractivity contribution in [1.82, 2.24) is 5.32 Å². The van der Waals surface area contributed by atoms with Gasteiger partial charge in [0.2, 0.25) is 5.91 Å². The number of carbonyl (C=O) groups excluding carboxylic acids is 1. The maximum absolute atomic E-state index is 11.8. The molecule has 0 atom stereocenters. The molecule has 0 spiro atoms. The van der Waals surface area contributed by atoms with Gasteiger partial charge in [-0.05, 0) is 36.3 Å². The Balaban J connectivity index is 1.87. The number of ether oxygens (including phenoxy) is 1. The molecule has 3 heteroatoms. The number of amides is 1. The first-order chi connectivity index (χ1) is 10.2. The number of aryl methyl sites for hydroxylation is 1. The zero-order valence-electron chi connectivity index (χ0n) is 12.3. The van der Waals surface area contributed by atoms with E-state index >= 15 is 0 Å². The first-order valence-corrected chi connectivity index (χ1v) is 6.83. The number of benzene rings is 2. The van der Waals surface area contributed by atoms with Crippen LogP contribution < -0.4 is 10.1 Å². The van der Waals surface area contributed by atoms with Gasteiger partial charge in [-0.2, -0.15) is 0 Å². The Hall–Kier alpha value is -2.55. The number of hydrogen-bond donors (Lipinski definition) is 1.